The van der Waals surface area contributed by atoms with Gasteiger partial charge in [0.25, 0.3) is 5.91 Å². The standard InChI is InChI=1S/C29H26N2O7/c32-18-11-9-17(10-12-18)15-24(27(34)31-25(28(35)36)13-14-26(31)33)30-29(37)38-16-23-21-7-3-1-5-19(21)20-6-2-4-8-22(20)23/h1-12,23-25,32H,13-16H2,(H,30,37)(H,35,36)/t24-,25+/m0/s1. The number of likely N-dealkylation sites (tertiary alicyclic amines) is 1. The maximum atomic E-state index is 13.4. The van der Waals surface area contributed by atoms with Gasteiger partial charge in [-0.1, -0.05) is 60.7 Å². The number of carboxylic acids is 1. The minimum absolute atomic E-state index is 0.0107. The Balaban J connectivity index is 1.34. The van der Waals surface area contributed by atoms with E-state index in [1.54, 1.807) is 12.1 Å². The second kappa shape index (κ2) is 10.4. The van der Waals surface area contributed by atoms with Gasteiger partial charge in [-0.3, -0.25) is 14.5 Å². The zero-order valence-electron chi connectivity index (χ0n) is 20.4. The summed E-state index contributed by atoms with van der Waals surface area (Å²) in [5, 5.41) is 21.6. The molecule has 38 heavy (non-hydrogen) atoms. The molecule has 1 heterocycles. The van der Waals surface area contributed by atoms with E-state index in [1.807, 2.05) is 48.5 Å². The third-order valence-corrected chi connectivity index (χ3v) is 7.04. The molecular weight excluding hydrogens is 488 g/mol. The van der Waals surface area contributed by atoms with Crippen LogP contribution in [0.1, 0.15) is 35.4 Å². The fraction of sp³-hybridized carbons (Fsp3) is 0.241. The third-order valence-electron chi connectivity index (χ3n) is 7.04. The maximum Gasteiger partial charge on any atom is 0.407 e. The minimum Gasteiger partial charge on any atom is -0.508 e. The van der Waals surface area contributed by atoms with Gasteiger partial charge in [0.05, 0.1) is 0 Å². The molecule has 1 aliphatic carbocycles. The van der Waals surface area contributed by atoms with Crippen molar-refractivity contribution in [2.45, 2.75) is 37.3 Å². The Labute approximate surface area is 218 Å². The van der Waals surface area contributed by atoms with Crippen molar-refractivity contribution >= 4 is 23.9 Å². The molecule has 1 saturated heterocycles. The molecule has 9 heteroatoms. The van der Waals surface area contributed by atoms with Crippen molar-refractivity contribution in [3.63, 3.8) is 0 Å². The van der Waals surface area contributed by atoms with Crippen LogP contribution in [0.4, 0.5) is 4.79 Å². The first-order valence-electron chi connectivity index (χ1n) is 12.3. The minimum atomic E-state index is -1.29. The van der Waals surface area contributed by atoms with E-state index in [4.69, 9.17) is 4.74 Å². The fourth-order valence-electron chi connectivity index (χ4n) is 5.21. The molecule has 0 aromatic heterocycles. The Hall–Kier alpha value is -4.66. The van der Waals surface area contributed by atoms with Gasteiger partial charge in [0.15, 0.2) is 0 Å². The molecule has 2 atom stereocenters. The van der Waals surface area contributed by atoms with Crippen LogP contribution in [0.15, 0.2) is 72.8 Å². The molecule has 0 spiro atoms. The third kappa shape index (κ3) is 4.82. The second-order valence-electron chi connectivity index (χ2n) is 9.39. The van der Waals surface area contributed by atoms with Crippen molar-refractivity contribution in [2.75, 3.05) is 6.61 Å². The molecule has 1 fully saturated rings. The van der Waals surface area contributed by atoms with E-state index in [-0.39, 0.29) is 37.5 Å². The highest BCUT2D eigenvalue weighted by Gasteiger charge is 2.43. The van der Waals surface area contributed by atoms with Crippen molar-refractivity contribution in [1.29, 1.82) is 0 Å². The summed E-state index contributed by atoms with van der Waals surface area (Å²) >= 11 is 0. The van der Waals surface area contributed by atoms with Gasteiger partial charge >= 0.3 is 12.1 Å². The van der Waals surface area contributed by atoms with Gasteiger partial charge in [-0.2, -0.15) is 0 Å². The van der Waals surface area contributed by atoms with E-state index >= 15 is 0 Å². The number of carbonyl (C=O) groups excluding carboxylic acids is 3. The number of nitrogens with one attached hydrogen (secondary N) is 1. The molecule has 0 bridgehead atoms. The van der Waals surface area contributed by atoms with Crippen molar-refractivity contribution in [3.05, 3.63) is 89.5 Å². The molecule has 3 aromatic carbocycles. The van der Waals surface area contributed by atoms with E-state index in [0.717, 1.165) is 27.2 Å². The molecule has 3 aromatic rings. The lowest BCUT2D eigenvalue weighted by molar-refractivity contribution is -0.154. The normalized spacial score (nSPS) is 17.0. The summed E-state index contributed by atoms with van der Waals surface area (Å²) in [5.41, 5.74) is 4.81. The number of benzene rings is 3. The van der Waals surface area contributed by atoms with Gasteiger partial charge in [-0.05, 0) is 46.4 Å². The summed E-state index contributed by atoms with van der Waals surface area (Å²) in [4.78, 5) is 51.1. The Morgan fingerprint density at radius 1 is 0.947 bits per heavy atom. The van der Waals surface area contributed by atoms with Gasteiger partial charge in [-0.15, -0.1) is 0 Å². The quantitative estimate of drug-likeness (QED) is 0.440. The smallest absolute Gasteiger partial charge is 0.407 e. The average molecular weight is 515 g/mol. The lowest BCUT2D eigenvalue weighted by Crippen LogP contribution is -2.54. The maximum absolute atomic E-state index is 13.4. The number of alkyl carbamates (subject to hydrolysis) is 1. The Kier molecular flexibility index (Phi) is 6.83. The van der Waals surface area contributed by atoms with Crippen LogP contribution in [0.2, 0.25) is 0 Å². The zero-order valence-corrected chi connectivity index (χ0v) is 20.4. The van der Waals surface area contributed by atoms with E-state index < -0.39 is 36.0 Å². The summed E-state index contributed by atoms with van der Waals surface area (Å²) in [6, 6.07) is 19.3. The van der Waals surface area contributed by atoms with Crippen LogP contribution in [0.3, 0.4) is 0 Å². The number of carboxylic acid groups (broad SMARTS) is 1. The van der Waals surface area contributed by atoms with Gasteiger partial charge in [-0.25, -0.2) is 9.59 Å². The van der Waals surface area contributed by atoms with Crippen LogP contribution in [0, 0.1) is 0 Å². The number of fused-ring (bicyclic) bond motifs is 3. The number of amides is 3. The van der Waals surface area contributed by atoms with Crippen LogP contribution >= 0.6 is 0 Å². The van der Waals surface area contributed by atoms with Gasteiger partial charge in [0, 0.05) is 18.8 Å². The number of hydrogen-bond donors (Lipinski definition) is 3. The zero-order chi connectivity index (χ0) is 26.8. The fourth-order valence-corrected chi connectivity index (χ4v) is 5.21. The number of imide groups is 1. The highest BCUT2D eigenvalue weighted by molar-refractivity contribution is 6.04. The number of nitrogens with zero attached hydrogens (tertiary/aromatic N) is 1. The first kappa shape index (κ1) is 25.0. The van der Waals surface area contributed by atoms with Crippen LogP contribution in [0.25, 0.3) is 11.1 Å². The SMILES string of the molecule is O=C(N[C@@H](Cc1ccc(O)cc1)C(=O)N1C(=O)CC[C@@H]1C(=O)O)OCC1c2ccccc2-c2ccccc21. The molecule has 0 unspecified atom stereocenters. The van der Waals surface area contributed by atoms with Crippen LogP contribution in [0.5, 0.6) is 5.75 Å². The Morgan fingerprint density at radius 2 is 1.55 bits per heavy atom. The number of phenolic OH excluding ortho intramolecular Hbond substituents is 1. The summed E-state index contributed by atoms with van der Waals surface area (Å²) in [6.45, 7) is 0.0282. The summed E-state index contributed by atoms with van der Waals surface area (Å²) < 4.78 is 5.58. The summed E-state index contributed by atoms with van der Waals surface area (Å²) in [6.07, 6.45) is -0.946. The van der Waals surface area contributed by atoms with Crippen LogP contribution in [-0.4, -0.2) is 57.7 Å². The number of hydrogen-bond acceptors (Lipinski definition) is 6. The van der Waals surface area contributed by atoms with Crippen LogP contribution < -0.4 is 5.32 Å². The molecule has 2 aliphatic rings. The van der Waals surface area contributed by atoms with Gasteiger partial charge in [0.2, 0.25) is 5.91 Å². The van der Waals surface area contributed by atoms with Crippen molar-refractivity contribution in [2.24, 2.45) is 0 Å². The van der Waals surface area contributed by atoms with E-state index in [0.29, 0.717) is 5.56 Å². The number of phenols is 1. The van der Waals surface area contributed by atoms with Crippen molar-refractivity contribution in [1.82, 2.24) is 10.2 Å². The van der Waals surface area contributed by atoms with E-state index in [9.17, 15) is 29.4 Å². The lowest BCUT2D eigenvalue weighted by Gasteiger charge is -2.26. The first-order chi connectivity index (χ1) is 18.3. The van der Waals surface area contributed by atoms with Crippen molar-refractivity contribution < 1.29 is 34.1 Å². The molecule has 1 aliphatic heterocycles. The molecule has 3 N–H and O–H groups in total. The molecular formula is C29H26N2O7. The lowest BCUT2D eigenvalue weighted by atomic mass is 9.98. The van der Waals surface area contributed by atoms with Crippen LogP contribution in [-0.2, 0) is 25.5 Å². The predicted octanol–water partition coefficient (Wildman–Crippen LogP) is 3.44. The average Bonchev–Trinajstić information content (AvgIpc) is 3.46. The Morgan fingerprint density at radius 3 is 2.16 bits per heavy atom. The monoisotopic (exact) mass is 514 g/mol. The van der Waals surface area contributed by atoms with Crippen molar-refractivity contribution in [3.8, 4) is 16.9 Å². The molecule has 194 valence electrons. The summed E-state index contributed by atoms with van der Waals surface area (Å²) in [5.74, 6) is -2.86. The highest BCUT2D eigenvalue weighted by atomic mass is 16.5. The number of aliphatic carboxylic acids is 1. The number of carbonyl (C=O) groups is 4. The molecule has 9 nitrogen and oxygen atoms in total. The summed E-state index contributed by atoms with van der Waals surface area (Å²) in [7, 11) is 0. The topological polar surface area (TPSA) is 133 Å². The number of ether oxygens (including phenoxy) is 1. The highest BCUT2D eigenvalue weighted by Crippen LogP contribution is 2.44. The Bertz CT molecular complexity index is 1360. The van der Waals surface area contributed by atoms with E-state index in [2.05, 4.69) is 5.32 Å². The van der Waals surface area contributed by atoms with Gasteiger partial charge < -0.3 is 20.3 Å². The van der Waals surface area contributed by atoms with Gasteiger partial charge in [0.1, 0.15) is 24.4 Å². The molecule has 3 amide bonds. The first-order valence-corrected chi connectivity index (χ1v) is 12.3. The van der Waals surface area contributed by atoms with E-state index in [1.165, 1.54) is 12.1 Å². The second-order valence-corrected chi connectivity index (χ2v) is 9.39. The largest absolute Gasteiger partial charge is 0.508 e. The number of aromatic hydroxyl groups is 1. The predicted molar refractivity (Wildman–Crippen MR) is 136 cm³/mol. The molecule has 5 rings (SSSR count). The molecule has 0 radical (unpaired) electrons. The molecule has 0 saturated carbocycles. The number of rotatable bonds is 7.